The lowest BCUT2D eigenvalue weighted by Gasteiger charge is -2.21. The molecule has 2 rings (SSSR count). The zero-order valence-corrected chi connectivity index (χ0v) is 14.2. The van der Waals surface area contributed by atoms with Crippen LogP contribution in [0, 0.1) is 17.1 Å². The number of halogens is 4. The predicted molar refractivity (Wildman–Crippen MR) is 88.8 cm³/mol. The van der Waals surface area contributed by atoms with E-state index in [2.05, 4.69) is 0 Å². The Morgan fingerprint density at radius 2 is 1.77 bits per heavy atom. The molecule has 0 aromatic heterocycles. The largest absolute Gasteiger partial charge is 0.417 e. The summed E-state index contributed by atoms with van der Waals surface area (Å²) in [4.78, 5) is 14.1. The van der Waals surface area contributed by atoms with Crippen molar-refractivity contribution in [3.05, 3.63) is 58.9 Å². The van der Waals surface area contributed by atoms with Crippen molar-refractivity contribution in [1.29, 1.82) is 5.26 Å². The Morgan fingerprint density at radius 1 is 1.12 bits per heavy atom. The molecular weight excluding hydrogens is 348 g/mol. The third-order valence-corrected chi connectivity index (χ3v) is 4.02. The fourth-order valence-electron chi connectivity index (χ4n) is 2.67. The van der Waals surface area contributed by atoms with Crippen molar-refractivity contribution in [1.82, 2.24) is 4.90 Å². The molecule has 0 fully saturated rings. The van der Waals surface area contributed by atoms with Crippen molar-refractivity contribution in [3.63, 3.8) is 0 Å². The lowest BCUT2D eigenvalue weighted by atomic mass is 9.95. The maximum atomic E-state index is 13.7. The zero-order valence-electron chi connectivity index (χ0n) is 14.2. The van der Waals surface area contributed by atoms with Crippen molar-refractivity contribution < 1.29 is 22.4 Å². The number of carbonyl (C=O) groups excluding carboxylic acids is 1. The van der Waals surface area contributed by atoms with Crippen LogP contribution in [0.2, 0.25) is 0 Å². The number of hydrogen-bond donors (Lipinski definition) is 0. The molecule has 0 atom stereocenters. The molecule has 0 aliphatic rings. The molecule has 0 N–H and O–H groups in total. The minimum absolute atomic E-state index is 0.0198. The first-order valence-corrected chi connectivity index (χ1v) is 7.93. The van der Waals surface area contributed by atoms with Crippen LogP contribution in [0.3, 0.4) is 0 Å². The fraction of sp³-hybridized carbons (Fsp3) is 0.263. The second-order valence-electron chi connectivity index (χ2n) is 5.54. The van der Waals surface area contributed by atoms with E-state index in [1.54, 1.807) is 13.8 Å². The standard InChI is InChI=1S/C19H16F4N2O/c1-3-25(4-2)18(26)15-8-7-14(20)10-16(15)12-5-6-13(11-24)17(9-12)19(21,22)23/h5-10H,3-4H2,1-2H3. The van der Waals surface area contributed by atoms with Gasteiger partial charge in [0.15, 0.2) is 0 Å². The first-order chi connectivity index (χ1) is 12.2. The summed E-state index contributed by atoms with van der Waals surface area (Å²) >= 11 is 0. The van der Waals surface area contributed by atoms with Gasteiger partial charge in [0.2, 0.25) is 0 Å². The molecule has 2 aromatic rings. The Bertz CT molecular complexity index is 865. The van der Waals surface area contributed by atoms with Gasteiger partial charge in [0.1, 0.15) is 5.82 Å². The molecule has 0 radical (unpaired) electrons. The minimum Gasteiger partial charge on any atom is -0.339 e. The lowest BCUT2D eigenvalue weighted by Crippen LogP contribution is -2.30. The summed E-state index contributed by atoms with van der Waals surface area (Å²) in [6, 6.07) is 7.95. The summed E-state index contributed by atoms with van der Waals surface area (Å²) in [5.74, 6) is -1.07. The fourth-order valence-corrected chi connectivity index (χ4v) is 2.67. The van der Waals surface area contributed by atoms with Gasteiger partial charge in [0.25, 0.3) is 5.91 Å². The minimum atomic E-state index is -4.74. The van der Waals surface area contributed by atoms with Gasteiger partial charge in [-0.05, 0) is 55.3 Å². The van der Waals surface area contributed by atoms with Crippen LogP contribution in [-0.4, -0.2) is 23.9 Å². The van der Waals surface area contributed by atoms with Gasteiger partial charge in [-0.2, -0.15) is 18.4 Å². The van der Waals surface area contributed by atoms with Crippen molar-refractivity contribution in [2.75, 3.05) is 13.1 Å². The highest BCUT2D eigenvalue weighted by Gasteiger charge is 2.34. The SMILES string of the molecule is CCN(CC)C(=O)c1ccc(F)cc1-c1ccc(C#N)c(C(F)(F)F)c1. The quantitative estimate of drug-likeness (QED) is 0.727. The lowest BCUT2D eigenvalue weighted by molar-refractivity contribution is -0.137. The molecule has 0 heterocycles. The zero-order chi connectivity index (χ0) is 19.5. The summed E-state index contributed by atoms with van der Waals surface area (Å²) in [6.45, 7) is 4.36. The molecule has 1 amide bonds. The molecular formula is C19H16F4N2O. The van der Waals surface area contributed by atoms with Crippen LogP contribution in [-0.2, 0) is 6.18 Å². The van der Waals surface area contributed by atoms with E-state index in [-0.39, 0.29) is 16.7 Å². The second-order valence-corrected chi connectivity index (χ2v) is 5.54. The first-order valence-electron chi connectivity index (χ1n) is 7.93. The van der Waals surface area contributed by atoms with E-state index in [0.717, 1.165) is 24.3 Å². The van der Waals surface area contributed by atoms with E-state index in [1.165, 1.54) is 23.1 Å². The predicted octanol–water partition coefficient (Wildman–Crippen LogP) is 4.87. The van der Waals surface area contributed by atoms with E-state index >= 15 is 0 Å². The molecule has 0 aliphatic carbocycles. The molecule has 0 saturated heterocycles. The van der Waals surface area contributed by atoms with Crippen LogP contribution in [0.5, 0.6) is 0 Å². The summed E-state index contributed by atoms with van der Waals surface area (Å²) in [6.07, 6.45) is -4.74. The Morgan fingerprint density at radius 3 is 2.31 bits per heavy atom. The van der Waals surface area contributed by atoms with Crippen LogP contribution in [0.1, 0.15) is 35.3 Å². The molecule has 26 heavy (non-hydrogen) atoms. The van der Waals surface area contributed by atoms with Crippen molar-refractivity contribution in [2.45, 2.75) is 20.0 Å². The van der Waals surface area contributed by atoms with Gasteiger partial charge >= 0.3 is 6.18 Å². The number of alkyl halides is 3. The molecule has 136 valence electrons. The number of nitrogens with zero attached hydrogens (tertiary/aromatic N) is 2. The molecule has 0 spiro atoms. The number of amides is 1. The van der Waals surface area contributed by atoms with Crippen LogP contribution in [0.4, 0.5) is 17.6 Å². The highest BCUT2D eigenvalue weighted by Crippen LogP contribution is 2.36. The van der Waals surface area contributed by atoms with E-state index in [9.17, 15) is 22.4 Å². The Kier molecular flexibility index (Phi) is 5.66. The molecule has 0 saturated carbocycles. The number of hydrogen-bond acceptors (Lipinski definition) is 2. The van der Waals surface area contributed by atoms with E-state index in [1.807, 2.05) is 0 Å². The normalized spacial score (nSPS) is 11.1. The van der Waals surface area contributed by atoms with Gasteiger partial charge in [-0.25, -0.2) is 4.39 Å². The van der Waals surface area contributed by atoms with Crippen LogP contribution >= 0.6 is 0 Å². The van der Waals surface area contributed by atoms with Gasteiger partial charge < -0.3 is 4.90 Å². The molecule has 7 heteroatoms. The second kappa shape index (κ2) is 7.56. The highest BCUT2D eigenvalue weighted by molar-refractivity contribution is 6.01. The molecule has 3 nitrogen and oxygen atoms in total. The average molecular weight is 364 g/mol. The average Bonchev–Trinajstić information content (AvgIpc) is 2.61. The van der Waals surface area contributed by atoms with Gasteiger partial charge in [-0.3, -0.25) is 4.79 Å². The molecule has 2 aromatic carbocycles. The maximum absolute atomic E-state index is 13.7. The smallest absolute Gasteiger partial charge is 0.339 e. The molecule has 0 unspecified atom stereocenters. The third kappa shape index (κ3) is 3.85. The Labute approximate surface area is 148 Å². The number of carbonyl (C=O) groups is 1. The van der Waals surface area contributed by atoms with Crippen LogP contribution in [0.25, 0.3) is 11.1 Å². The van der Waals surface area contributed by atoms with Gasteiger partial charge in [-0.1, -0.05) is 6.07 Å². The maximum Gasteiger partial charge on any atom is 0.417 e. The summed E-state index contributed by atoms with van der Waals surface area (Å²) in [5, 5.41) is 8.90. The summed E-state index contributed by atoms with van der Waals surface area (Å²) in [7, 11) is 0. The third-order valence-electron chi connectivity index (χ3n) is 4.02. The number of benzene rings is 2. The number of nitriles is 1. The van der Waals surface area contributed by atoms with Crippen LogP contribution < -0.4 is 0 Å². The molecule has 0 aliphatic heterocycles. The molecule has 0 bridgehead atoms. The van der Waals surface area contributed by atoms with Gasteiger partial charge in [0.05, 0.1) is 17.2 Å². The van der Waals surface area contributed by atoms with Crippen molar-refractivity contribution >= 4 is 5.91 Å². The van der Waals surface area contributed by atoms with E-state index in [0.29, 0.717) is 13.1 Å². The van der Waals surface area contributed by atoms with E-state index in [4.69, 9.17) is 5.26 Å². The van der Waals surface area contributed by atoms with Crippen molar-refractivity contribution in [3.8, 4) is 17.2 Å². The van der Waals surface area contributed by atoms with Crippen molar-refractivity contribution in [2.24, 2.45) is 0 Å². The monoisotopic (exact) mass is 364 g/mol. The topological polar surface area (TPSA) is 44.1 Å². The van der Waals surface area contributed by atoms with Crippen LogP contribution in [0.15, 0.2) is 36.4 Å². The van der Waals surface area contributed by atoms with E-state index < -0.39 is 29.0 Å². The summed E-state index contributed by atoms with van der Waals surface area (Å²) < 4.78 is 53.4. The summed E-state index contributed by atoms with van der Waals surface area (Å²) in [5.41, 5.74) is -1.48. The Hall–Kier alpha value is -2.88. The van der Waals surface area contributed by atoms with Gasteiger partial charge in [0, 0.05) is 18.7 Å². The first kappa shape index (κ1) is 19.4. The van der Waals surface area contributed by atoms with Gasteiger partial charge in [-0.15, -0.1) is 0 Å². The number of rotatable bonds is 4. The Balaban J connectivity index is 2.68. The highest BCUT2D eigenvalue weighted by atomic mass is 19.4.